The van der Waals surface area contributed by atoms with Crippen LogP contribution in [0.5, 0.6) is 0 Å². The first-order chi connectivity index (χ1) is 9.52. The van der Waals surface area contributed by atoms with E-state index < -0.39 is 31.2 Å². The highest BCUT2D eigenvalue weighted by Gasteiger charge is 2.49. The van der Waals surface area contributed by atoms with Gasteiger partial charge in [0.2, 0.25) is 5.95 Å². The van der Waals surface area contributed by atoms with Crippen LogP contribution in [0.2, 0.25) is 0 Å². The molecule has 20 heavy (non-hydrogen) atoms. The molecule has 4 N–H and O–H groups in total. The molecule has 0 spiro atoms. The van der Waals surface area contributed by atoms with E-state index in [-0.39, 0.29) is 5.95 Å². The second kappa shape index (κ2) is 4.85. The number of hydrogen-bond donors (Lipinski definition) is 3. The van der Waals surface area contributed by atoms with Gasteiger partial charge in [0, 0.05) is 6.20 Å². The van der Waals surface area contributed by atoms with Crippen molar-refractivity contribution in [1.82, 2.24) is 9.97 Å². The van der Waals surface area contributed by atoms with Gasteiger partial charge in [0.05, 0.1) is 16.5 Å². The smallest absolute Gasteiger partial charge is 0.222 e. The average molecular weight is 300 g/mol. The Kier molecular flexibility index (Phi) is 3.28. The zero-order valence-corrected chi connectivity index (χ0v) is 11.1. The molecule has 0 aromatic carbocycles. The number of nitrogens with two attached hydrogens (primary N) is 1. The van der Waals surface area contributed by atoms with Crippen molar-refractivity contribution in [3.8, 4) is 0 Å². The minimum absolute atomic E-state index is 0.0621. The van der Waals surface area contributed by atoms with Crippen molar-refractivity contribution in [2.24, 2.45) is 0 Å². The van der Waals surface area contributed by atoms with Crippen LogP contribution in [0.3, 0.4) is 0 Å². The molecule has 0 saturated carbocycles. The lowest BCUT2D eigenvalue weighted by Crippen LogP contribution is -2.41. The van der Waals surface area contributed by atoms with E-state index >= 15 is 0 Å². The predicted molar refractivity (Wildman–Crippen MR) is 70.6 cm³/mol. The Labute approximate surface area is 118 Å². The van der Waals surface area contributed by atoms with Gasteiger partial charge in [-0.25, -0.2) is 9.37 Å². The monoisotopic (exact) mass is 300 g/mol. The standard InChI is InChI=1S/C11H13FN4O3S/c1-4-16(9-6(20-4)2-14-11(13)15-9)10-8(18)7(12)5(3-17)19-10/h2,5,7-8,10,17-18H,1,3H2,(H2,13,14,15)/t5-,7+,8-,10-/m1/s1. The van der Waals surface area contributed by atoms with Gasteiger partial charge in [-0.15, -0.1) is 0 Å². The Balaban J connectivity index is 1.96. The number of aromatic nitrogens is 2. The van der Waals surface area contributed by atoms with E-state index in [4.69, 9.17) is 15.6 Å². The second-order valence-electron chi connectivity index (χ2n) is 4.46. The molecule has 0 aliphatic carbocycles. The van der Waals surface area contributed by atoms with Gasteiger partial charge >= 0.3 is 0 Å². The Morgan fingerprint density at radius 3 is 3.00 bits per heavy atom. The van der Waals surface area contributed by atoms with Crippen LogP contribution in [0.4, 0.5) is 16.2 Å². The molecule has 1 saturated heterocycles. The summed E-state index contributed by atoms with van der Waals surface area (Å²) in [5.41, 5.74) is 5.55. The van der Waals surface area contributed by atoms with Crippen molar-refractivity contribution >= 4 is 23.5 Å². The molecule has 2 aliphatic heterocycles. The molecule has 0 radical (unpaired) electrons. The summed E-state index contributed by atoms with van der Waals surface area (Å²) in [6.45, 7) is 3.33. The molecule has 2 aliphatic rings. The zero-order chi connectivity index (χ0) is 14.4. The van der Waals surface area contributed by atoms with Crippen molar-refractivity contribution in [3.05, 3.63) is 17.8 Å². The van der Waals surface area contributed by atoms with Gasteiger partial charge < -0.3 is 20.7 Å². The summed E-state index contributed by atoms with van der Waals surface area (Å²) >= 11 is 1.28. The zero-order valence-electron chi connectivity index (χ0n) is 10.3. The molecular formula is C11H13FN4O3S. The van der Waals surface area contributed by atoms with E-state index in [0.29, 0.717) is 15.7 Å². The minimum Gasteiger partial charge on any atom is -0.394 e. The topological polar surface area (TPSA) is 105 Å². The number of aliphatic hydroxyl groups excluding tert-OH is 2. The van der Waals surface area contributed by atoms with Crippen LogP contribution in [0.1, 0.15) is 0 Å². The normalized spacial score (nSPS) is 32.8. The van der Waals surface area contributed by atoms with Crippen molar-refractivity contribution in [2.75, 3.05) is 17.2 Å². The lowest BCUT2D eigenvalue weighted by Gasteiger charge is -2.27. The molecule has 1 aromatic heterocycles. The Hall–Kier alpha value is -1.42. The van der Waals surface area contributed by atoms with E-state index in [9.17, 15) is 9.50 Å². The Morgan fingerprint density at radius 1 is 1.60 bits per heavy atom. The van der Waals surface area contributed by atoms with E-state index in [2.05, 4.69) is 16.5 Å². The number of nitrogens with zero attached hydrogens (tertiary/aromatic N) is 3. The highest BCUT2D eigenvalue weighted by molar-refractivity contribution is 8.03. The van der Waals surface area contributed by atoms with Crippen molar-refractivity contribution in [1.29, 1.82) is 0 Å². The number of thioether (sulfide) groups is 1. The van der Waals surface area contributed by atoms with Crippen molar-refractivity contribution in [3.63, 3.8) is 0 Å². The fourth-order valence-corrected chi connectivity index (χ4v) is 3.13. The minimum atomic E-state index is -1.67. The number of fused-ring (bicyclic) bond motifs is 1. The van der Waals surface area contributed by atoms with E-state index in [0.717, 1.165) is 0 Å². The summed E-state index contributed by atoms with van der Waals surface area (Å²) in [5, 5.41) is 19.5. The number of alkyl halides is 1. The maximum absolute atomic E-state index is 13.8. The number of nitrogen functional groups attached to an aromatic ring is 1. The summed E-state index contributed by atoms with van der Waals surface area (Å²) in [6.07, 6.45) is -3.63. The summed E-state index contributed by atoms with van der Waals surface area (Å²) in [6, 6.07) is 0. The molecular weight excluding hydrogens is 287 g/mol. The number of hydrogen-bond acceptors (Lipinski definition) is 8. The van der Waals surface area contributed by atoms with Crippen LogP contribution in [0.25, 0.3) is 0 Å². The SMILES string of the molecule is C=C1Sc2cnc(N)nc2N1[C@@H]1O[C@H](CO)[C@H](F)[C@H]1O. The molecule has 9 heteroatoms. The highest BCUT2D eigenvalue weighted by Crippen LogP contribution is 2.47. The molecule has 4 atom stereocenters. The molecule has 1 fully saturated rings. The molecule has 108 valence electrons. The molecule has 3 rings (SSSR count). The third-order valence-corrected chi connectivity index (χ3v) is 4.14. The van der Waals surface area contributed by atoms with Gasteiger partial charge in [0.25, 0.3) is 0 Å². The summed E-state index contributed by atoms with van der Waals surface area (Å²) in [5.74, 6) is 0.481. The average Bonchev–Trinajstić information content (AvgIpc) is 2.88. The molecule has 3 heterocycles. The van der Waals surface area contributed by atoms with Gasteiger partial charge in [0.15, 0.2) is 18.2 Å². The van der Waals surface area contributed by atoms with Crippen molar-refractivity contribution in [2.45, 2.75) is 29.5 Å². The van der Waals surface area contributed by atoms with Gasteiger partial charge in [0.1, 0.15) is 12.2 Å². The molecule has 0 bridgehead atoms. The van der Waals surface area contributed by atoms with Crippen LogP contribution < -0.4 is 10.6 Å². The number of aliphatic hydroxyl groups is 2. The first kappa shape index (κ1) is 13.6. The quantitative estimate of drug-likeness (QED) is 0.693. The third kappa shape index (κ3) is 1.94. The fraction of sp³-hybridized carbons (Fsp3) is 0.455. The summed E-state index contributed by atoms with van der Waals surface area (Å²) in [4.78, 5) is 10.1. The van der Waals surface area contributed by atoms with Crippen LogP contribution >= 0.6 is 11.8 Å². The molecule has 7 nitrogen and oxygen atoms in total. The third-order valence-electron chi connectivity index (χ3n) is 3.20. The van der Waals surface area contributed by atoms with Crippen molar-refractivity contribution < 1.29 is 19.3 Å². The molecule has 0 amide bonds. The molecule has 0 unspecified atom stereocenters. The van der Waals surface area contributed by atoms with Gasteiger partial charge in [-0.3, -0.25) is 4.90 Å². The number of ether oxygens (including phenoxy) is 1. The van der Waals surface area contributed by atoms with Crippen LogP contribution in [0, 0.1) is 0 Å². The number of rotatable bonds is 2. The van der Waals surface area contributed by atoms with Crippen LogP contribution in [-0.2, 0) is 4.74 Å². The second-order valence-corrected chi connectivity index (χ2v) is 5.58. The summed E-state index contributed by atoms with van der Waals surface area (Å²) in [7, 11) is 0. The van der Waals surface area contributed by atoms with Gasteiger partial charge in [-0.2, -0.15) is 4.98 Å². The van der Waals surface area contributed by atoms with E-state index in [1.807, 2.05) is 0 Å². The number of halogens is 1. The Morgan fingerprint density at radius 2 is 2.35 bits per heavy atom. The number of anilines is 2. The van der Waals surface area contributed by atoms with Crippen LogP contribution in [-0.4, -0.2) is 51.4 Å². The lowest BCUT2D eigenvalue weighted by atomic mass is 10.1. The first-order valence-corrected chi connectivity index (χ1v) is 6.71. The Bertz CT molecular complexity index is 560. The largest absolute Gasteiger partial charge is 0.394 e. The lowest BCUT2D eigenvalue weighted by molar-refractivity contribution is -0.0105. The summed E-state index contributed by atoms with van der Waals surface area (Å²) < 4.78 is 19.2. The predicted octanol–water partition coefficient (Wildman–Crippen LogP) is -0.142. The maximum Gasteiger partial charge on any atom is 0.222 e. The highest BCUT2D eigenvalue weighted by atomic mass is 32.2. The van der Waals surface area contributed by atoms with E-state index in [1.165, 1.54) is 22.9 Å². The molecule has 1 aromatic rings. The maximum atomic E-state index is 13.8. The van der Waals surface area contributed by atoms with Crippen LogP contribution in [0.15, 0.2) is 22.7 Å². The van der Waals surface area contributed by atoms with E-state index in [1.54, 1.807) is 0 Å². The van der Waals surface area contributed by atoms with Gasteiger partial charge in [-0.1, -0.05) is 18.3 Å². The van der Waals surface area contributed by atoms with Gasteiger partial charge in [-0.05, 0) is 0 Å². The first-order valence-electron chi connectivity index (χ1n) is 5.90. The fourth-order valence-electron chi connectivity index (χ4n) is 2.25.